The molecule has 7 nitrogen and oxygen atoms in total. The predicted molar refractivity (Wildman–Crippen MR) is 53.0 cm³/mol. The molecule has 0 amide bonds. The smallest absolute Gasteiger partial charge is 0.372 e. The molecule has 1 heterocycles. The molecule has 2 N–H and O–H groups in total. The summed E-state index contributed by atoms with van der Waals surface area (Å²) in [5.74, 6) is 0.168. The number of alkyl halides is 3. The summed E-state index contributed by atoms with van der Waals surface area (Å²) in [5, 5.41) is 11.2. The minimum Gasteiger partial charge on any atom is -0.372 e. The highest BCUT2D eigenvalue weighted by atomic mass is 32.2. The van der Waals surface area contributed by atoms with E-state index >= 15 is 0 Å². The van der Waals surface area contributed by atoms with Gasteiger partial charge in [0.2, 0.25) is 0 Å². The topological polar surface area (TPSA) is 100 Å². The average molecular weight is 288 g/mol. The van der Waals surface area contributed by atoms with Crippen LogP contribution in [-0.4, -0.2) is 42.6 Å². The van der Waals surface area contributed by atoms with Gasteiger partial charge in [0.1, 0.15) is 12.4 Å². The molecule has 1 rings (SSSR count). The number of ether oxygens (including phenoxy) is 1. The number of sulfonamides is 1. The summed E-state index contributed by atoms with van der Waals surface area (Å²) < 4.78 is 62.8. The maximum absolute atomic E-state index is 11.8. The molecule has 0 atom stereocenters. The number of aromatic nitrogens is 3. The van der Waals surface area contributed by atoms with E-state index < -0.39 is 28.0 Å². The lowest BCUT2D eigenvalue weighted by molar-refractivity contribution is -0.173. The Morgan fingerprint density at radius 2 is 2.00 bits per heavy atom. The summed E-state index contributed by atoms with van der Waals surface area (Å²) in [7, 11) is -2.65. The molecule has 0 aromatic carbocycles. The van der Waals surface area contributed by atoms with Crippen molar-refractivity contribution in [1.82, 2.24) is 14.8 Å². The van der Waals surface area contributed by atoms with E-state index in [9.17, 15) is 21.6 Å². The Kier molecular flexibility index (Phi) is 4.29. The average Bonchev–Trinajstić information content (AvgIpc) is 2.53. The zero-order chi connectivity index (χ0) is 14.0. The van der Waals surface area contributed by atoms with Crippen molar-refractivity contribution in [2.45, 2.75) is 17.8 Å². The van der Waals surface area contributed by atoms with E-state index in [-0.39, 0.29) is 18.9 Å². The van der Waals surface area contributed by atoms with Crippen LogP contribution in [0, 0.1) is 0 Å². The normalized spacial score (nSPS) is 12.9. The van der Waals surface area contributed by atoms with Gasteiger partial charge in [-0.25, -0.2) is 13.6 Å². The van der Waals surface area contributed by atoms with Gasteiger partial charge in [0.15, 0.2) is 0 Å². The van der Waals surface area contributed by atoms with E-state index in [0.29, 0.717) is 0 Å². The molecule has 18 heavy (non-hydrogen) atoms. The molecule has 0 aliphatic heterocycles. The maximum Gasteiger partial charge on any atom is 0.411 e. The van der Waals surface area contributed by atoms with E-state index in [1.807, 2.05) is 0 Å². The van der Waals surface area contributed by atoms with Crippen LogP contribution in [0.4, 0.5) is 13.2 Å². The Labute approximate surface area is 101 Å². The lowest BCUT2D eigenvalue weighted by atomic mass is 10.4. The van der Waals surface area contributed by atoms with Gasteiger partial charge in [-0.2, -0.15) is 13.2 Å². The quantitative estimate of drug-likeness (QED) is 0.742. The number of nitrogens with two attached hydrogens (primary N) is 1. The Hall–Kier alpha value is -1.20. The molecule has 0 aliphatic carbocycles. The minimum atomic E-state index is -4.40. The summed E-state index contributed by atoms with van der Waals surface area (Å²) in [6, 6.07) is 0. The highest BCUT2D eigenvalue weighted by Crippen LogP contribution is 2.14. The van der Waals surface area contributed by atoms with Gasteiger partial charge in [0.25, 0.3) is 15.2 Å². The van der Waals surface area contributed by atoms with Crippen molar-refractivity contribution in [1.29, 1.82) is 0 Å². The highest BCUT2D eigenvalue weighted by molar-refractivity contribution is 7.89. The second kappa shape index (κ2) is 5.20. The first-order valence-corrected chi connectivity index (χ1v) is 6.21. The summed E-state index contributed by atoms with van der Waals surface area (Å²) in [6.45, 7) is -1.62. The van der Waals surface area contributed by atoms with Gasteiger partial charge in [-0.15, -0.1) is 10.2 Å². The molecular formula is C7H11F3N4O3S. The van der Waals surface area contributed by atoms with Crippen LogP contribution < -0.4 is 5.14 Å². The first kappa shape index (κ1) is 14.9. The third-order valence-electron chi connectivity index (χ3n) is 1.92. The van der Waals surface area contributed by atoms with Crippen LogP contribution >= 0.6 is 0 Å². The summed E-state index contributed by atoms with van der Waals surface area (Å²) in [4.78, 5) is 0. The van der Waals surface area contributed by atoms with Crippen molar-refractivity contribution in [2.75, 3.05) is 13.2 Å². The Morgan fingerprint density at radius 3 is 2.44 bits per heavy atom. The lowest BCUT2D eigenvalue weighted by Crippen LogP contribution is -2.19. The lowest BCUT2D eigenvalue weighted by Gasteiger charge is -2.07. The first-order valence-electron chi connectivity index (χ1n) is 4.67. The van der Waals surface area contributed by atoms with E-state index in [1.165, 1.54) is 7.05 Å². The molecule has 0 bridgehead atoms. The van der Waals surface area contributed by atoms with Crippen LogP contribution in [0.15, 0.2) is 5.16 Å². The van der Waals surface area contributed by atoms with Crippen LogP contribution in [0.1, 0.15) is 5.82 Å². The third-order valence-corrected chi connectivity index (χ3v) is 2.78. The van der Waals surface area contributed by atoms with Crippen LogP contribution in [0.25, 0.3) is 0 Å². The highest BCUT2D eigenvalue weighted by Gasteiger charge is 2.27. The number of halogens is 3. The van der Waals surface area contributed by atoms with Gasteiger partial charge in [-0.05, 0) is 0 Å². The molecule has 1 aromatic heterocycles. The molecule has 0 aliphatic rings. The summed E-state index contributed by atoms with van der Waals surface area (Å²) in [6.07, 6.45) is -4.40. The van der Waals surface area contributed by atoms with Gasteiger partial charge in [0, 0.05) is 13.5 Å². The molecule has 11 heteroatoms. The van der Waals surface area contributed by atoms with Gasteiger partial charge >= 0.3 is 6.18 Å². The molecule has 0 fully saturated rings. The molecule has 0 saturated carbocycles. The van der Waals surface area contributed by atoms with E-state index in [4.69, 9.17) is 5.14 Å². The maximum atomic E-state index is 11.8. The second-order valence-electron chi connectivity index (χ2n) is 3.42. The monoisotopic (exact) mass is 288 g/mol. The minimum absolute atomic E-state index is 0.00486. The molecule has 0 saturated heterocycles. The number of primary sulfonamides is 1. The van der Waals surface area contributed by atoms with E-state index in [2.05, 4.69) is 14.9 Å². The van der Waals surface area contributed by atoms with Crippen molar-refractivity contribution in [3.8, 4) is 0 Å². The summed E-state index contributed by atoms with van der Waals surface area (Å²) >= 11 is 0. The van der Waals surface area contributed by atoms with Crippen LogP contribution in [-0.2, 0) is 28.2 Å². The van der Waals surface area contributed by atoms with E-state index in [0.717, 1.165) is 4.57 Å². The van der Waals surface area contributed by atoms with Crippen LogP contribution in [0.5, 0.6) is 0 Å². The Balaban J connectivity index is 2.57. The number of hydrogen-bond acceptors (Lipinski definition) is 5. The van der Waals surface area contributed by atoms with Crippen molar-refractivity contribution in [3.63, 3.8) is 0 Å². The molecule has 1 aromatic rings. The molecule has 0 unspecified atom stereocenters. The Morgan fingerprint density at radius 1 is 1.39 bits per heavy atom. The first-order chi connectivity index (χ1) is 8.11. The van der Waals surface area contributed by atoms with Crippen molar-refractivity contribution in [3.05, 3.63) is 5.82 Å². The van der Waals surface area contributed by atoms with Crippen molar-refractivity contribution < 1.29 is 26.3 Å². The predicted octanol–water partition coefficient (Wildman–Crippen LogP) is -0.416. The second-order valence-corrected chi connectivity index (χ2v) is 4.88. The van der Waals surface area contributed by atoms with Gasteiger partial charge in [0.05, 0.1) is 6.61 Å². The molecule has 0 radical (unpaired) electrons. The van der Waals surface area contributed by atoms with Crippen LogP contribution in [0.2, 0.25) is 0 Å². The third kappa shape index (κ3) is 4.23. The van der Waals surface area contributed by atoms with Gasteiger partial charge < -0.3 is 9.30 Å². The standard InChI is InChI=1S/C7H11F3N4O3S/c1-14-5(2-3-17-4-7(8,9)10)12-13-6(14)18(11,15)16/h2-4H2,1H3,(H2,11,15,16). The number of hydrogen-bond donors (Lipinski definition) is 1. The largest absolute Gasteiger partial charge is 0.411 e. The number of nitrogens with zero attached hydrogens (tertiary/aromatic N) is 3. The van der Waals surface area contributed by atoms with Crippen molar-refractivity contribution >= 4 is 10.0 Å². The van der Waals surface area contributed by atoms with Gasteiger partial charge in [-0.3, -0.25) is 0 Å². The molecule has 0 spiro atoms. The number of rotatable bonds is 5. The zero-order valence-corrected chi connectivity index (χ0v) is 10.1. The summed E-state index contributed by atoms with van der Waals surface area (Å²) in [5.41, 5.74) is 0. The van der Waals surface area contributed by atoms with Crippen molar-refractivity contribution in [2.24, 2.45) is 12.2 Å². The van der Waals surface area contributed by atoms with Gasteiger partial charge in [-0.1, -0.05) is 0 Å². The molecule has 104 valence electrons. The zero-order valence-electron chi connectivity index (χ0n) is 9.31. The molecular weight excluding hydrogens is 277 g/mol. The fourth-order valence-electron chi connectivity index (χ4n) is 1.16. The fraction of sp³-hybridized carbons (Fsp3) is 0.714. The Bertz CT molecular complexity index is 510. The fourth-order valence-corrected chi connectivity index (χ4v) is 1.80. The van der Waals surface area contributed by atoms with E-state index in [1.54, 1.807) is 0 Å². The van der Waals surface area contributed by atoms with Crippen LogP contribution in [0.3, 0.4) is 0 Å². The SMILES string of the molecule is Cn1c(CCOCC(F)(F)F)nnc1S(N)(=O)=O.